The summed E-state index contributed by atoms with van der Waals surface area (Å²) in [6, 6.07) is 11.2. The zero-order valence-electron chi connectivity index (χ0n) is 11.4. The van der Waals surface area contributed by atoms with Crippen LogP contribution in [-0.2, 0) is 0 Å². The lowest BCUT2D eigenvalue weighted by Gasteiger charge is -2.12. The van der Waals surface area contributed by atoms with Gasteiger partial charge < -0.3 is 11.1 Å². The molecule has 98 valence electrons. The van der Waals surface area contributed by atoms with Gasteiger partial charge in [0.2, 0.25) is 0 Å². The van der Waals surface area contributed by atoms with Crippen LogP contribution in [0.25, 0.3) is 0 Å². The molecule has 2 rings (SSSR count). The molecule has 2 aromatic rings. The summed E-state index contributed by atoms with van der Waals surface area (Å²) in [4.78, 5) is 12.2. The van der Waals surface area contributed by atoms with Crippen LogP contribution < -0.4 is 11.1 Å². The predicted molar refractivity (Wildman–Crippen MR) is 79.5 cm³/mol. The summed E-state index contributed by atoms with van der Waals surface area (Å²) in [6.45, 7) is 5.87. The Morgan fingerprint density at radius 1 is 1.00 bits per heavy atom. The van der Waals surface area contributed by atoms with Gasteiger partial charge in [-0.15, -0.1) is 0 Å². The van der Waals surface area contributed by atoms with Crippen molar-refractivity contribution < 1.29 is 4.79 Å². The Hall–Kier alpha value is -2.29. The van der Waals surface area contributed by atoms with Gasteiger partial charge in [0.05, 0.1) is 0 Å². The van der Waals surface area contributed by atoms with E-state index >= 15 is 0 Å². The third-order valence-electron chi connectivity index (χ3n) is 3.11. The van der Waals surface area contributed by atoms with Crippen LogP contribution in [0, 0.1) is 20.8 Å². The largest absolute Gasteiger partial charge is 0.399 e. The molecule has 0 spiro atoms. The van der Waals surface area contributed by atoms with Crippen molar-refractivity contribution in [3.05, 3.63) is 58.7 Å². The molecule has 0 saturated carbocycles. The second kappa shape index (κ2) is 5.14. The molecule has 0 atom stereocenters. The fourth-order valence-corrected chi connectivity index (χ4v) is 2.08. The Morgan fingerprint density at radius 2 is 1.53 bits per heavy atom. The molecule has 3 heteroatoms. The van der Waals surface area contributed by atoms with Crippen molar-refractivity contribution in [1.82, 2.24) is 0 Å². The normalized spacial score (nSPS) is 10.3. The second-order valence-electron chi connectivity index (χ2n) is 4.85. The molecule has 2 aromatic carbocycles. The summed E-state index contributed by atoms with van der Waals surface area (Å²) in [5.74, 6) is -0.101. The summed E-state index contributed by atoms with van der Waals surface area (Å²) in [7, 11) is 0. The molecular formula is C16H18N2O. The molecule has 0 saturated heterocycles. The molecule has 0 aliphatic rings. The van der Waals surface area contributed by atoms with Crippen LogP contribution >= 0.6 is 0 Å². The van der Waals surface area contributed by atoms with E-state index in [0.29, 0.717) is 11.3 Å². The minimum absolute atomic E-state index is 0.101. The van der Waals surface area contributed by atoms with Crippen molar-refractivity contribution in [1.29, 1.82) is 0 Å². The summed E-state index contributed by atoms with van der Waals surface area (Å²) >= 11 is 0. The quantitative estimate of drug-likeness (QED) is 0.806. The van der Waals surface area contributed by atoms with Gasteiger partial charge in [-0.3, -0.25) is 4.79 Å². The SMILES string of the molecule is Cc1ccc(C(=O)Nc2c(C)cc(N)cc2C)cc1. The average Bonchev–Trinajstić information content (AvgIpc) is 2.34. The van der Waals surface area contributed by atoms with Crippen LogP contribution in [0.15, 0.2) is 36.4 Å². The standard InChI is InChI=1S/C16H18N2O/c1-10-4-6-13(7-5-10)16(19)18-15-11(2)8-14(17)9-12(15)3/h4-9H,17H2,1-3H3,(H,18,19). The number of nitrogen functional groups attached to an aromatic ring is 1. The maximum Gasteiger partial charge on any atom is 0.255 e. The van der Waals surface area contributed by atoms with Crippen LogP contribution in [0.4, 0.5) is 11.4 Å². The van der Waals surface area contributed by atoms with Crippen molar-refractivity contribution in [2.24, 2.45) is 0 Å². The number of hydrogen-bond donors (Lipinski definition) is 2. The highest BCUT2D eigenvalue weighted by atomic mass is 16.1. The number of benzene rings is 2. The highest BCUT2D eigenvalue weighted by Gasteiger charge is 2.10. The average molecular weight is 254 g/mol. The number of carbonyl (C=O) groups is 1. The van der Waals surface area contributed by atoms with Gasteiger partial charge in [0.25, 0.3) is 5.91 Å². The molecule has 3 N–H and O–H groups in total. The molecular weight excluding hydrogens is 236 g/mol. The van der Waals surface area contributed by atoms with Gasteiger partial charge in [-0.05, 0) is 56.2 Å². The van der Waals surface area contributed by atoms with Crippen molar-refractivity contribution in [2.75, 3.05) is 11.1 Å². The second-order valence-corrected chi connectivity index (χ2v) is 4.85. The predicted octanol–water partition coefficient (Wildman–Crippen LogP) is 3.45. The molecule has 0 aromatic heterocycles. The number of amides is 1. The van der Waals surface area contributed by atoms with Crippen molar-refractivity contribution in [2.45, 2.75) is 20.8 Å². The lowest BCUT2D eigenvalue weighted by atomic mass is 10.1. The van der Waals surface area contributed by atoms with Crippen LogP contribution in [0.5, 0.6) is 0 Å². The Kier molecular flexibility index (Phi) is 3.56. The fraction of sp³-hybridized carbons (Fsp3) is 0.188. The first-order valence-electron chi connectivity index (χ1n) is 6.22. The van der Waals surface area contributed by atoms with Crippen molar-refractivity contribution in [3.63, 3.8) is 0 Å². The summed E-state index contributed by atoms with van der Waals surface area (Å²) in [5, 5.41) is 2.95. The summed E-state index contributed by atoms with van der Waals surface area (Å²) < 4.78 is 0. The number of hydrogen-bond acceptors (Lipinski definition) is 2. The first-order chi connectivity index (χ1) is 8.97. The maximum atomic E-state index is 12.2. The van der Waals surface area contributed by atoms with E-state index in [1.54, 1.807) is 0 Å². The zero-order valence-corrected chi connectivity index (χ0v) is 11.4. The van der Waals surface area contributed by atoms with E-state index in [1.807, 2.05) is 57.2 Å². The third-order valence-corrected chi connectivity index (χ3v) is 3.11. The van der Waals surface area contributed by atoms with Gasteiger partial charge in [-0.1, -0.05) is 17.7 Å². The Bertz CT molecular complexity index is 592. The molecule has 0 bridgehead atoms. The molecule has 0 aliphatic carbocycles. The van der Waals surface area contributed by atoms with E-state index in [9.17, 15) is 4.79 Å². The van der Waals surface area contributed by atoms with E-state index in [-0.39, 0.29) is 5.91 Å². The molecule has 0 aliphatic heterocycles. The van der Waals surface area contributed by atoms with Crippen LogP contribution in [0.2, 0.25) is 0 Å². The molecule has 0 fully saturated rings. The Morgan fingerprint density at radius 3 is 2.05 bits per heavy atom. The maximum absolute atomic E-state index is 12.2. The van der Waals surface area contributed by atoms with Gasteiger partial charge in [-0.25, -0.2) is 0 Å². The Labute approximate surface area is 113 Å². The van der Waals surface area contributed by atoms with E-state index < -0.39 is 0 Å². The van der Waals surface area contributed by atoms with E-state index in [1.165, 1.54) is 0 Å². The molecule has 0 radical (unpaired) electrons. The number of nitrogens with two attached hydrogens (primary N) is 1. The minimum Gasteiger partial charge on any atom is -0.399 e. The summed E-state index contributed by atoms with van der Waals surface area (Å²) in [6.07, 6.45) is 0. The number of carbonyl (C=O) groups excluding carboxylic acids is 1. The lowest BCUT2D eigenvalue weighted by Crippen LogP contribution is -2.14. The summed E-state index contributed by atoms with van der Waals surface area (Å²) in [5.41, 5.74) is 11.0. The number of anilines is 2. The molecule has 0 unspecified atom stereocenters. The minimum atomic E-state index is -0.101. The highest BCUT2D eigenvalue weighted by molar-refractivity contribution is 6.05. The van der Waals surface area contributed by atoms with E-state index in [2.05, 4.69) is 5.32 Å². The van der Waals surface area contributed by atoms with Crippen molar-refractivity contribution in [3.8, 4) is 0 Å². The van der Waals surface area contributed by atoms with Gasteiger partial charge in [0.1, 0.15) is 0 Å². The molecule has 1 amide bonds. The van der Waals surface area contributed by atoms with Gasteiger partial charge in [0, 0.05) is 16.9 Å². The smallest absolute Gasteiger partial charge is 0.255 e. The third kappa shape index (κ3) is 2.94. The molecule has 19 heavy (non-hydrogen) atoms. The number of aryl methyl sites for hydroxylation is 3. The van der Waals surface area contributed by atoms with E-state index in [4.69, 9.17) is 5.73 Å². The van der Waals surface area contributed by atoms with Gasteiger partial charge >= 0.3 is 0 Å². The monoisotopic (exact) mass is 254 g/mol. The van der Waals surface area contributed by atoms with Crippen LogP contribution in [0.3, 0.4) is 0 Å². The number of rotatable bonds is 2. The fourth-order valence-electron chi connectivity index (χ4n) is 2.08. The topological polar surface area (TPSA) is 55.1 Å². The number of nitrogens with one attached hydrogen (secondary N) is 1. The van der Waals surface area contributed by atoms with Crippen LogP contribution in [0.1, 0.15) is 27.0 Å². The zero-order chi connectivity index (χ0) is 14.0. The molecule has 0 heterocycles. The van der Waals surface area contributed by atoms with Gasteiger partial charge in [0.15, 0.2) is 0 Å². The first-order valence-corrected chi connectivity index (χ1v) is 6.22. The molecule has 3 nitrogen and oxygen atoms in total. The Balaban J connectivity index is 2.26. The van der Waals surface area contributed by atoms with Crippen molar-refractivity contribution >= 4 is 17.3 Å². The first kappa shape index (κ1) is 13.1. The van der Waals surface area contributed by atoms with Crippen LogP contribution in [-0.4, -0.2) is 5.91 Å². The van der Waals surface area contributed by atoms with E-state index in [0.717, 1.165) is 22.4 Å². The lowest BCUT2D eigenvalue weighted by molar-refractivity contribution is 0.102. The van der Waals surface area contributed by atoms with Gasteiger partial charge in [-0.2, -0.15) is 0 Å². The highest BCUT2D eigenvalue weighted by Crippen LogP contribution is 2.23.